The van der Waals surface area contributed by atoms with E-state index in [9.17, 15) is 0 Å². The molecule has 14 heavy (non-hydrogen) atoms. The third-order valence-electron chi connectivity index (χ3n) is 1.73. The molecule has 2 aromatic rings. The SMILES string of the molecule is Cc1nnc(-c2ccc(OO)cc2)o1. The van der Waals surface area contributed by atoms with Crippen LogP contribution in [0.1, 0.15) is 5.89 Å². The molecule has 1 aromatic carbocycles. The lowest BCUT2D eigenvalue weighted by Crippen LogP contribution is -1.83. The highest BCUT2D eigenvalue weighted by Crippen LogP contribution is 2.20. The maximum atomic E-state index is 8.35. The van der Waals surface area contributed by atoms with Gasteiger partial charge in [-0.25, -0.2) is 5.26 Å². The van der Waals surface area contributed by atoms with E-state index >= 15 is 0 Å². The van der Waals surface area contributed by atoms with Crippen molar-refractivity contribution >= 4 is 0 Å². The summed E-state index contributed by atoms with van der Waals surface area (Å²) in [6.45, 7) is 1.72. The number of aromatic nitrogens is 2. The third kappa shape index (κ3) is 1.57. The zero-order valence-corrected chi connectivity index (χ0v) is 7.47. The van der Waals surface area contributed by atoms with Crippen LogP contribution in [-0.2, 0) is 0 Å². The van der Waals surface area contributed by atoms with Gasteiger partial charge in [0, 0.05) is 12.5 Å². The highest BCUT2D eigenvalue weighted by molar-refractivity contribution is 5.53. The Morgan fingerprint density at radius 3 is 2.43 bits per heavy atom. The molecule has 72 valence electrons. The summed E-state index contributed by atoms with van der Waals surface area (Å²) in [5.74, 6) is 1.33. The van der Waals surface area contributed by atoms with Gasteiger partial charge in [0.2, 0.25) is 11.8 Å². The second kappa shape index (κ2) is 3.47. The Bertz CT molecular complexity index is 422. The van der Waals surface area contributed by atoms with E-state index in [1.165, 1.54) is 0 Å². The van der Waals surface area contributed by atoms with Crippen LogP contribution in [0.3, 0.4) is 0 Å². The first kappa shape index (κ1) is 8.71. The van der Waals surface area contributed by atoms with Gasteiger partial charge < -0.3 is 9.30 Å². The first-order valence-corrected chi connectivity index (χ1v) is 4.01. The Kier molecular flexibility index (Phi) is 2.16. The summed E-state index contributed by atoms with van der Waals surface area (Å²) in [4.78, 5) is 4.04. The maximum Gasteiger partial charge on any atom is 0.247 e. The summed E-state index contributed by atoms with van der Waals surface area (Å²) in [6.07, 6.45) is 0. The van der Waals surface area contributed by atoms with Crippen molar-refractivity contribution in [3.63, 3.8) is 0 Å². The molecule has 0 fully saturated rings. The van der Waals surface area contributed by atoms with E-state index in [0.717, 1.165) is 5.56 Å². The summed E-state index contributed by atoms with van der Waals surface area (Å²) >= 11 is 0. The molecule has 1 aromatic heterocycles. The molecule has 0 aliphatic carbocycles. The van der Waals surface area contributed by atoms with Gasteiger partial charge in [0.1, 0.15) is 0 Å². The quantitative estimate of drug-likeness (QED) is 0.581. The van der Waals surface area contributed by atoms with Gasteiger partial charge in [0.15, 0.2) is 5.75 Å². The number of aryl methyl sites for hydroxylation is 1. The lowest BCUT2D eigenvalue weighted by molar-refractivity contribution is -0.137. The monoisotopic (exact) mass is 192 g/mol. The van der Waals surface area contributed by atoms with Crippen molar-refractivity contribution in [2.24, 2.45) is 0 Å². The first-order chi connectivity index (χ1) is 6.79. The van der Waals surface area contributed by atoms with Crippen LogP contribution < -0.4 is 4.89 Å². The van der Waals surface area contributed by atoms with Crippen LogP contribution in [0, 0.1) is 6.92 Å². The minimum absolute atomic E-state index is 0.366. The molecule has 0 atom stereocenters. The molecular weight excluding hydrogens is 184 g/mol. The molecule has 0 saturated heterocycles. The van der Waals surface area contributed by atoms with Crippen LogP contribution in [0.5, 0.6) is 5.75 Å². The summed E-state index contributed by atoms with van der Waals surface area (Å²) < 4.78 is 5.22. The van der Waals surface area contributed by atoms with Gasteiger partial charge in [-0.3, -0.25) is 0 Å². The fourth-order valence-corrected chi connectivity index (χ4v) is 1.07. The van der Waals surface area contributed by atoms with Gasteiger partial charge in [-0.05, 0) is 24.3 Å². The second-order valence-electron chi connectivity index (χ2n) is 2.74. The van der Waals surface area contributed by atoms with Crippen molar-refractivity contribution in [3.05, 3.63) is 30.2 Å². The zero-order valence-electron chi connectivity index (χ0n) is 7.47. The second-order valence-corrected chi connectivity index (χ2v) is 2.74. The molecule has 0 aliphatic heterocycles. The van der Waals surface area contributed by atoms with E-state index in [1.807, 2.05) is 0 Å². The van der Waals surface area contributed by atoms with Gasteiger partial charge in [-0.1, -0.05) is 0 Å². The molecule has 0 aliphatic rings. The van der Waals surface area contributed by atoms with Crippen LogP contribution in [0.2, 0.25) is 0 Å². The van der Waals surface area contributed by atoms with Crippen LogP contribution in [0.25, 0.3) is 11.5 Å². The molecule has 1 N–H and O–H groups in total. The van der Waals surface area contributed by atoms with Gasteiger partial charge in [-0.2, -0.15) is 0 Å². The molecule has 5 nitrogen and oxygen atoms in total. The van der Waals surface area contributed by atoms with E-state index in [2.05, 4.69) is 15.1 Å². The van der Waals surface area contributed by atoms with E-state index < -0.39 is 0 Å². The zero-order chi connectivity index (χ0) is 9.97. The lowest BCUT2D eigenvalue weighted by Gasteiger charge is -1.96. The molecule has 0 radical (unpaired) electrons. The fourth-order valence-electron chi connectivity index (χ4n) is 1.07. The van der Waals surface area contributed by atoms with Crippen LogP contribution in [-0.4, -0.2) is 15.5 Å². The average Bonchev–Trinajstić information content (AvgIpc) is 2.65. The smallest absolute Gasteiger partial charge is 0.247 e. The van der Waals surface area contributed by atoms with Crippen molar-refractivity contribution in [3.8, 4) is 17.2 Å². The molecule has 0 unspecified atom stereocenters. The standard InChI is InChI=1S/C9H8N2O3/c1-6-10-11-9(13-6)7-2-4-8(14-12)5-3-7/h2-5,12H,1H3. The Morgan fingerprint density at radius 1 is 1.21 bits per heavy atom. The van der Waals surface area contributed by atoms with Crippen molar-refractivity contribution in [1.82, 2.24) is 10.2 Å². The molecule has 0 saturated carbocycles. The first-order valence-electron chi connectivity index (χ1n) is 4.01. The summed E-state index contributed by atoms with van der Waals surface area (Å²) in [6, 6.07) is 6.65. The topological polar surface area (TPSA) is 68.4 Å². The molecule has 0 amide bonds. The minimum atomic E-state index is 0.366. The third-order valence-corrected chi connectivity index (χ3v) is 1.73. The molecule has 1 heterocycles. The van der Waals surface area contributed by atoms with E-state index in [-0.39, 0.29) is 0 Å². The Morgan fingerprint density at radius 2 is 1.93 bits per heavy atom. The van der Waals surface area contributed by atoms with E-state index in [1.54, 1.807) is 31.2 Å². The highest BCUT2D eigenvalue weighted by Gasteiger charge is 2.05. The highest BCUT2D eigenvalue weighted by atomic mass is 17.1. The van der Waals surface area contributed by atoms with Crippen molar-refractivity contribution in [2.75, 3.05) is 0 Å². The summed E-state index contributed by atoms with van der Waals surface area (Å²) in [7, 11) is 0. The summed E-state index contributed by atoms with van der Waals surface area (Å²) in [5.41, 5.74) is 0.784. The van der Waals surface area contributed by atoms with Crippen LogP contribution in [0.15, 0.2) is 28.7 Å². The lowest BCUT2D eigenvalue weighted by atomic mass is 10.2. The van der Waals surface area contributed by atoms with Gasteiger partial charge >= 0.3 is 0 Å². The van der Waals surface area contributed by atoms with Crippen molar-refractivity contribution in [1.29, 1.82) is 0 Å². The fraction of sp³-hybridized carbons (Fsp3) is 0.111. The van der Waals surface area contributed by atoms with Gasteiger partial charge in [0.05, 0.1) is 0 Å². The molecule has 2 rings (SSSR count). The van der Waals surface area contributed by atoms with Gasteiger partial charge in [-0.15, -0.1) is 10.2 Å². The number of nitrogens with zero attached hydrogens (tertiary/aromatic N) is 2. The predicted octanol–water partition coefficient (Wildman–Crippen LogP) is 1.90. The molecule has 0 bridgehead atoms. The van der Waals surface area contributed by atoms with Gasteiger partial charge in [0.25, 0.3) is 0 Å². The Balaban J connectivity index is 2.33. The summed E-state index contributed by atoms with van der Waals surface area (Å²) in [5, 5.41) is 15.9. The van der Waals surface area contributed by atoms with Crippen LogP contribution in [0.4, 0.5) is 0 Å². The maximum absolute atomic E-state index is 8.35. The normalized spacial score (nSPS) is 10.1. The molecule has 5 heteroatoms. The largest absolute Gasteiger partial charge is 0.421 e. The van der Waals surface area contributed by atoms with Crippen molar-refractivity contribution < 1.29 is 14.6 Å². The van der Waals surface area contributed by atoms with E-state index in [4.69, 9.17) is 9.67 Å². The number of benzene rings is 1. The van der Waals surface area contributed by atoms with Crippen LogP contribution >= 0.6 is 0 Å². The Labute approximate surface area is 79.9 Å². The van der Waals surface area contributed by atoms with Crippen molar-refractivity contribution in [2.45, 2.75) is 6.92 Å². The average molecular weight is 192 g/mol. The number of hydrogen-bond donors (Lipinski definition) is 1. The van der Waals surface area contributed by atoms with E-state index in [0.29, 0.717) is 17.5 Å². The predicted molar refractivity (Wildman–Crippen MR) is 47.7 cm³/mol. The number of rotatable bonds is 2. The molecular formula is C9H8N2O3. The minimum Gasteiger partial charge on any atom is -0.421 e. The Hall–Kier alpha value is -1.88. The molecule has 0 spiro atoms. The number of hydrogen-bond acceptors (Lipinski definition) is 5.